The normalized spacial score (nSPS) is 16.0. The highest BCUT2D eigenvalue weighted by molar-refractivity contribution is 6.30. The summed E-state index contributed by atoms with van der Waals surface area (Å²) in [5.41, 5.74) is 1.02. The molecule has 24 heavy (non-hydrogen) atoms. The zero-order chi connectivity index (χ0) is 17.1. The van der Waals surface area contributed by atoms with E-state index in [1.54, 1.807) is 7.11 Å². The van der Waals surface area contributed by atoms with Crippen LogP contribution in [-0.2, 0) is 6.42 Å². The fraction of sp³-hybridized carbons (Fsp3) is 0.278. The second kappa shape index (κ2) is 7.09. The molecule has 1 N–H and O–H groups in total. The van der Waals surface area contributed by atoms with Crippen LogP contribution in [0.3, 0.4) is 0 Å². The molecule has 0 saturated carbocycles. The average molecular weight is 350 g/mol. The van der Waals surface area contributed by atoms with Crippen molar-refractivity contribution in [2.24, 2.45) is 5.92 Å². The number of benzene rings is 2. The first-order chi connectivity index (χ1) is 11.6. The molecule has 1 amide bonds. The lowest BCUT2D eigenvalue weighted by Gasteiger charge is -2.26. The number of fused-ring (bicyclic) bond motifs is 1. The number of hydrogen-bond acceptors (Lipinski definition) is 3. The third-order valence-electron chi connectivity index (χ3n) is 3.98. The van der Waals surface area contributed by atoms with E-state index in [0.29, 0.717) is 18.9 Å². The molecule has 4 nitrogen and oxygen atoms in total. The van der Waals surface area contributed by atoms with Crippen molar-refractivity contribution < 1.29 is 18.7 Å². The lowest BCUT2D eigenvalue weighted by atomic mass is 9.96. The Morgan fingerprint density at radius 3 is 3.00 bits per heavy atom. The van der Waals surface area contributed by atoms with Crippen LogP contribution in [0.4, 0.5) is 4.39 Å². The maximum Gasteiger partial charge on any atom is 0.254 e. The van der Waals surface area contributed by atoms with Crippen molar-refractivity contribution in [1.82, 2.24) is 5.32 Å². The SMILES string of the molecule is COc1cccc2c1OCC(CNC(=O)c1ccc(Cl)cc1F)C2. The molecule has 0 saturated heterocycles. The molecule has 2 aromatic rings. The Balaban J connectivity index is 1.62. The standard InChI is InChI=1S/C18H17ClFNO3/c1-23-16-4-2-3-12-7-11(10-24-17(12)16)9-21-18(22)14-6-5-13(19)8-15(14)20/h2-6,8,11H,7,9-10H2,1H3,(H,21,22). The van der Waals surface area contributed by atoms with E-state index in [0.717, 1.165) is 23.8 Å². The smallest absolute Gasteiger partial charge is 0.254 e. The Kier molecular flexibility index (Phi) is 4.90. The number of amides is 1. The van der Waals surface area contributed by atoms with Crippen LogP contribution in [0.15, 0.2) is 36.4 Å². The predicted octanol–water partition coefficient (Wildman–Crippen LogP) is 3.47. The highest BCUT2D eigenvalue weighted by Gasteiger charge is 2.23. The van der Waals surface area contributed by atoms with Gasteiger partial charge in [-0.25, -0.2) is 4.39 Å². The number of halogens is 2. The fourth-order valence-electron chi connectivity index (χ4n) is 2.75. The highest BCUT2D eigenvalue weighted by atomic mass is 35.5. The minimum absolute atomic E-state index is 0.0156. The van der Waals surface area contributed by atoms with Gasteiger partial charge in [-0.2, -0.15) is 0 Å². The molecule has 3 rings (SSSR count). The molecule has 1 unspecified atom stereocenters. The number of hydrogen-bond donors (Lipinski definition) is 1. The third-order valence-corrected chi connectivity index (χ3v) is 4.21. The number of para-hydroxylation sites is 1. The van der Waals surface area contributed by atoms with Crippen molar-refractivity contribution in [2.45, 2.75) is 6.42 Å². The Hall–Kier alpha value is -2.27. The Bertz CT molecular complexity index is 766. The van der Waals surface area contributed by atoms with Crippen LogP contribution < -0.4 is 14.8 Å². The minimum Gasteiger partial charge on any atom is -0.493 e. The molecule has 0 aliphatic carbocycles. The topological polar surface area (TPSA) is 47.6 Å². The van der Waals surface area contributed by atoms with Gasteiger partial charge >= 0.3 is 0 Å². The van der Waals surface area contributed by atoms with Gasteiger partial charge < -0.3 is 14.8 Å². The van der Waals surface area contributed by atoms with Gasteiger partial charge in [-0.15, -0.1) is 0 Å². The van der Waals surface area contributed by atoms with Gasteiger partial charge in [0.05, 0.1) is 19.3 Å². The summed E-state index contributed by atoms with van der Waals surface area (Å²) in [6.07, 6.45) is 0.760. The molecule has 1 heterocycles. The Morgan fingerprint density at radius 1 is 1.42 bits per heavy atom. The van der Waals surface area contributed by atoms with Gasteiger partial charge in [0.25, 0.3) is 5.91 Å². The van der Waals surface area contributed by atoms with E-state index >= 15 is 0 Å². The highest BCUT2D eigenvalue weighted by Crippen LogP contribution is 2.35. The number of carbonyl (C=O) groups excluding carboxylic acids is 1. The van der Waals surface area contributed by atoms with E-state index in [2.05, 4.69) is 5.32 Å². The van der Waals surface area contributed by atoms with Gasteiger partial charge in [0.15, 0.2) is 11.5 Å². The van der Waals surface area contributed by atoms with E-state index in [1.807, 2.05) is 18.2 Å². The predicted molar refractivity (Wildman–Crippen MR) is 89.4 cm³/mol. The van der Waals surface area contributed by atoms with Crippen LogP contribution in [-0.4, -0.2) is 26.2 Å². The lowest BCUT2D eigenvalue weighted by Crippen LogP contribution is -2.35. The molecule has 0 bridgehead atoms. The average Bonchev–Trinajstić information content (AvgIpc) is 2.58. The molecule has 1 atom stereocenters. The van der Waals surface area contributed by atoms with E-state index in [1.165, 1.54) is 12.1 Å². The van der Waals surface area contributed by atoms with Crippen molar-refractivity contribution in [1.29, 1.82) is 0 Å². The largest absolute Gasteiger partial charge is 0.493 e. The summed E-state index contributed by atoms with van der Waals surface area (Å²) in [6.45, 7) is 0.869. The summed E-state index contributed by atoms with van der Waals surface area (Å²) in [7, 11) is 1.60. The summed E-state index contributed by atoms with van der Waals surface area (Å²) in [6, 6.07) is 9.74. The molecule has 0 radical (unpaired) electrons. The van der Waals surface area contributed by atoms with Crippen LogP contribution in [0.1, 0.15) is 15.9 Å². The van der Waals surface area contributed by atoms with E-state index in [9.17, 15) is 9.18 Å². The molecule has 126 valence electrons. The first-order valence-electron chi connectivity index (χ1n) is 7.60. The van der Waals surface area contributed by atoms with Crippen molar-refractivity contribution in [3.05, 3.63) is 58.4 Å². The van der Waals surface area contributed by atoms with Gasteiger partial charge in [-0.3, -0.25) is 4.79 Å². The molecule has 6 heteroatoms. The zero-order valence-electron chi connectivity index (χ0n) is 13.1. The molecular weight excluding hydrogens is 333 g/mol. The molecule has 0 fully saturated rings. The van der Waals surface area contributed by atoms with Crippen molar-refractivity contribution in [2.75, 3.05) is 20.3 Å². The van der Waals surface area contributed by atoms with Gasteiger partial charge in [-0.1, -0.05) is 23.7 Å². The number of methoxy groups -OCH3 is 1. The summed E-state index contributed by atoms with van der Waals surface area (Å²) in [5.74, 6) is 0.490. The van der Waals surface area contributed by atoms with E-state index in [-0.39, 0.29) is 16.5 Å². The van der Waals surface area contributed by atoms with Crippen LogP contribution in [0.2, 0.25) is 5.02 Å². The number of carbonyl (C=O) groups is 1. The first kappa shape index (κ1) is 16.6. The van der Waals surface area contributed by atoms with E-state index in [4.69, 9.17) is 21.1 Å². The second-order valence-corrected chi connectivity index (χ2v) is 6.10. The van der Waals surface area contributed by atoms with Gasteiger partial charge in [0.2, 0.25) is 0 Å². The van der Waals surface area contributed by atoms with Crippen molar-refractivity contribution in [3.8, 4) is 11.5 Å². The fourth-order valence-corrected chi connectivity index (χ4v) is 2.91. The third kappa shape index (κ3) is 3.46. The quantitative estimate of drug-likeness (QED) is 0.919. The van der Waals surface area contributed by atoms with Crippen LogP contribution in [0.5, 0.6) is 11.5 Å². The summed E-state index contributed by atoms with van der Waals surface area (Å²) >= 11 is 5.69. The minimum atomic E-state index is -0.630. The molecule has 0 aromatic heterocycles. The number of nitrogens with one attached hydrogen (secondary N) is 1. The van der Waals surface area contributed by atoms with E-state index < -0.39 is 11.7 Å². The summed E-state index contributed by atoms with van der Waals surface area (Å²) in [4.78, 5) is 12.1. The summed E-state index contributed by atoms with van der Waals surface area (Å²) in [5, 5.41) is 3.01. The Labute approximate surface area is 144 Å². The molecule has 1 aliphatic heterocycles. The molecule has 2 aromatic carbocycles. The van der Waals surface area contributed by atoms with Gasteiger partial charge in [0.1, 0.15) is 5.82 Å². The molecule has 1 aliphatic rings. The van der Waals surface area contributed by atoms with Crippen LogP contribution >= 0.6 is 11.6 Å². The molecule has 0 spiro atoms. The van der Waals surface area contributed by atoms with Crippen LogP contribution in [0, 0.1) is 11.7 Å². The first-order valence-corrected chi connectivity index (χ1v) is 7.98. The molecular formula is C18H17ClFNO3. The van der Waals surface area contributed by atoms with Gasteiger partial charge in [-0.05, 0) is 36.2 Å². The number of rotatable bonds is 4. The Morgan fingerprint density at radius 2 is 2.25 bits per heavy atom. The van der Waals surface area contributed by atoms with Gasteiger partial charge in [0, 0.05) is 17.5 Å². The maximum absolute atomic E-state index is 13.8. The van der Waals surface area contributed by atoms with Crippen molar-refractivity contribution in [3.63, 3.8) is 0 Å². The number of ether oxygens (including phenoxy) is 2. The van der Waals surface area contributed by atoms with Crippen LogP contribution in [0.25, 0.3) is 0 Å². The lowest BCUT2D eigenvalue weighted by molar-refractivity contribution is 0.0934. The maximum atomic E-state index is 13.8. The second-order valence-electron chi connectivity index (χ2n) is 5.66. The summed E-state index contributed by atoms with van der Waals surface area (Å²) < 4.78 is 24.8. The van der Waals surface area contributed by atoms with Crippen molar-refractivity contribution >= 4 is 17.5 Å². The zero-order valence-corrected chi connectivity index (χ0v) is 13.9. The monoisotopic (exact) mass is 349 g/mol.